The second-order valence-electron chi connectivity index (χ2n) is 10.7. The van der Waals surface area contributed by atoms with E-state index in [4.69, 9.17) is 14.2 Å². The van der Waals surface area contributed by atoms with Crippen LogP contribution in [0, 0.1) is 0 Å². The van der Waals surface area contributed by atoms with Gasteiger partial charge in [-0.1, -0.05) is 56.4 Å². The van der Waals surface area contributed by atoms with Crippen LogP contribution in [0.5, 0.6) is 23.0 Å². The van der Waals surface area contributed by atoms with E-state index in [2.05, 4.69) is 29.2 Å². The van der Waals surface area contributed by atoms with Gasteiger partial charge in [-0.15, -0.1) is 0 Å². The van der Waals surface area contributed by atoms with Crippen molar-refractivity contribution in [3.63, 3.8) is 0 Å². The molecule has 2 heterocycles. The second-order valence-corrected chi connectivity index (χ2v) is 10.7. The van der Waals surface area contributed by atoms with Crippen molar-refractivity contribution in [3.8, 4) is 23.0 Å². The molecule has 0 radical (unpaired) electrons. The minimum atomic E-state index is -0.119. The minimum Gasteiger partial charge on any atom is -0.504 e. The fraction of sp³-hybridized carbons (Fsp3) is 0.382. The topological polar surface area (TPSA) is 68.2 Å². The van der Waals surface area contributed by atoms with Crippen LogP contribution in [0.4, 0.5) is 0 Å². The van der Waals surface area contributed by atoms with E-state index in [1.54, 1.807) is 13.2 Å². The molecule has 2 aliphatic heterocycles. The number of phenols is 1. The van der Waals surface area contributed by atoms with E-state index in [0.717, 1.165) is 61.2 Å². The highest BCUT2D eigenvalue weighted by atomic mass is 16.5. The molecule has 40 heavy (non-hydrogen) atoms. The molecule has 1 atom stereocenters. The van der Waals surface area contributed by atoms with E-state index >= 15 is 0 Å². The highest BCUT2D eigenvalue weighted by molar-refractivity contribution is 5.86. The van der Waals surface area contributed by atoms with Crippen LogP contribution in [0.2, 0.25) is 0 Å². The molecule has 2 aliphatic rings. The lowest BCUT2D eigenvalue weighted by atomic mass is 9.85. The third-order valence-electron chi connectivity index (χ3n) is 8.03. The first kappa shape index (κ1) is 27.6. The lowest BCUT2D eigenvalue weighted by Crippen LogP contribution is -2.40. The predicted octanol–water partition coefficient (Wildman–Crippen LogP) is 7.73. The lowest BCUT2D eigenvalue weighted by molar-refractivity contribution is -0.140. The van der Waals surface area contributed by atoms with Gasteiger partial charge in [-0.05, 0) is 72.9 Å². The molecular formula is C34H39NO5. The number of para-hydroxylation sites is 1. The maximum Gasteiger partial charge on any atom is 0.305 e. The Bertz CT molecular complexity index is 1350. The van der Waals surface area contributed by atoms with Crippen molar-refractivity contribution >= 4 is 17.7 Å². The van der Waals surface area contributed by atoms with E-state index in [1.165, 1.54) is 36.8 Å². The number of carbonyl (C=O) groups is 1. The summed E-state index contributed by atoms with van der Waals surface area (Å²) < 4.78 is 16.5. The summed E-state index contributed by atoms with van der Waals surface area (Å²) in [7, 11) is 3.07. The van der Waals surface area contributed by atoms with Gasteiger partial charge in [-0.2, -0.15) is 0 Å². The van der Waals surface area contributed by atoms with Crippen molar-refractivity contribution in [1.29, 1.82) is 0 Å². The number of esters is 1. The second kappa shape index (κ2) is 12.9. The van der Waals surface area contributed by atoms with Gasteiger partial charge in [0.1, 0.15) is 11.5 Å². The first-order chi connectivity index (χ1) is 19.6. The summed E-state index contributed by atoms with van der Waals surface area (Å²) in [6.45, 7) is 0.707. The van der Waals surface area contributed by atoms with Crippen molar-refractivity contribution in [1.82, 2.24) is 4.90 Å². The Kier molecular flexibility index (Phi) is 8.94. The molecule has 0 unspecified atom stereocenters. The van der Waals surface area contributed by atoms with Crippen molar-refractivity contribution < 1.29 is 24.1 Å². The Balaban J connectivity index is 1.33. The largest absolute Gasteiger partial charge is 0.504 e. The number of nitrogens with zero attached hydrogens (tertiary/aromatic N) is 1. The van der Waals surface area contributed by atoms with Crippen LogP contribution in [0.3, 0.4) is 0 Å². The number of carbonyl (C=O) groups excluding carboxylic acids is 1. The maximum absolute atomic E-state index is 11.3. The molecule has 0 saturated carbocycles. The van der Waals surface area contributed by atoms with Crippen LogP contribution in [-0.4, -0.2) is 36.2 Å². The molecule has 0 spiro atoms. The van der Waals surface area contributed by atoms with Gasteiger partial charge in [0.15, 0.2) is 11.5 Å². The van der Waals surface area contributed by atoms with Crippen molar-refractivity contribution in [3.05, 3.63) is 82.9 Å². The van der Waals surface area contributed by atoms with Crippen LogP contribution in [0.1, 0.15) is 73.6 Å². The first-order valence-electron chi connectivity index (χ1n) is 14.4. The number of methoxy groups -OCH3 is 2. The first-order valence-corrected chi connectivity index (χ1v) is 14.4. The summed E-state index contributed by atoms with van der Waals surface area (Å²) in [6, 6.07) is 20.4. The number of aromatic hydroxyl groups is 1. The summed E-state index contributed by atoms with van der Waals surface area (Å²) in [5, 5.41) is 10.4. The standard InChI is InChI=1S/C34H39NO5/c1-38-33(37)15-11-6-4-3-5-8-12-26-20-25-21-28(40-27-13-9-7-10-14-27)17-18-29(25)31-22-24-16-19-32(36)34(39-2)30(24)23-35(26)31/h7,9-10,13-14,16-19,21-22,26,36H,3-6,8,11-12,15,20,23H2,1-2H3/t26-/m0/s1. The number of hydrogen-bond donors (Lipinski definition) is 1. The average molecular weight is 542 g/mol. The molecule has 5 rings (SSSR count). The van der Waals surface area contributed by atoms with Crippen molar-refractivity contribution in [2.24, 2.45) is 0 Å². The minimum absolute atomic E-state index is 0.119. The van der Waals surface area contributed by atoms with Gasteiger partial charge < -0.3 is 24.2 Å². The molecule has 3 aromatic carbocycles. The Morgan fingerprint density at radius 1 is 0.925 bits per heavy atom. The van der Waals surface area contributed by atoms with Gasteiger partial charge in [0.25, 0.3) is 0 Å². The number of unbranched alkanes of at least 4 members (excludes halogenated alkanes) is 5. The highest BCUT2D eigenvalue weighted by Crippen LogP contribution is 2.45. The molecule has 0 aliphatic carbocycles. The van der Waals surface area contributed by atoms with Crippen molar-refractivity contribution in [2.45, 2.75) is 70.4 Å². The number of phenolic OH excluding ortho intramolecular Hbond substituents is 1. The van der Waals surface area contributed by atoms with Gasteiger partial charge in [0.2, 0.25) is 0 Å². The average Bonchev–Trinajstić information content (AvgIpc) is 2.98. The molecule has 0 fully saturated rings. The summed E-state index contributed by atoms with van der Waals surface area (Å²) in [5.74, 6) is 2.32. The van der Waals surface area contributed by atoms with E-state index < -0.39 is 0 Å². The van der Waals surface area contributed by atoms with E-state index in [0.29, 0.717) is 24.8 Å². The van der Waals surface area contributed by atoms with Gasteiger partial charge in [0.05, 0.1) is 14.2 Å². The summed E-state index contributed by atoms with van der Waals surface area (Å²) in [4.78, 5) is 13.8. The van der Waals surface area contributed by atoms with E-state index in [-0.39, 0.29) is 11.7 Å². The number of hydrogen-bond acceptors (Lipinski definition) is 6. The number of fused-ring (bicyclic) bond motifs is 4. The van der Waals surface area contributed by atoms with Gasteiger partial charge in [-0.25, -0.2) is 0 Å². The molecule has 0 amide bonds. The van der Waals surface area contributed by atoms with Crippen LogP contribution >= 0.6 is 0 Å². The van der Waals surface area contributed by atoms with Gasteiger partial charge >= 0.3 is 5.97 Å². The highest BCUT2D eigenvalue weighted by Gasteiger charge is 2.33. The van der Waals surface area contributed by atoms with Gasteiger partial charge in [-0.3, -0.25) is 4.79 Å². The van der Waals surface area contributed by atoms with E-state index in [1.807, 2.05) is 36.4 Å². The van der Waals surface area contributed by atoms with Crippen LogP contribution in [-0.2, 0) is 22.5 Å². The molecule has 3 aromatic rings. The van der Waals surface area contributed by atoms with Crippen molar-refractivity contribution in [2.75, 3.05) is 14.2 Å². The summed E-state index contributed by atoms with van der Waals surface area (Å²) >= 11 is 0. The van der Waals surface area contributed by atoms with Gasteiger partial charge in [0, 0.05) is 35.8 Å². The number of benzene rings is 3. The Morgan fingerprint density at radius 2 is 1.70 bits per heavy atom. The molecule has 6 heteroatoms. The maximum atomic E-state index is 11.3. The Morgan fingerprint density at radius 3 is 2.48 bits per heavy atom. The Labute approximate surface area is 237 Å². The zero-order valence-electron chi connectivity index (χ0n) is 23.5. The molecule has 0 saturated heterocycles. The smallest absolute Gasteiger partial charge is 0.305 e. The molecule has 0 bridgehead atoms. The monoisotopic (exact) mass is 541 g/mol. The normalized spacial score (nSPS) is 15.4. The molecule has 6 nitrogen and oxygen atoms in total. The van der Waals surface area contributed by atoms with Crippen LogP contribution in [0.25, 0.3) is 11.8 Å². The van der Waals surface area contributed by atoms with E-state index in [9.17, 15) is 9.90 Å². The summed E-state index contributed by atoms with van der Waals surface area (Å²) in [6.07, 6.45) is 11.4. The third kappa shape index (κ3) is 6.27. The fourth-order valence-electron chi connectivity index (χ4n) is 5.96. The molecule has 1 N–H and O–H groups in total. The quantitative estimate of drug-likeness (QED) is 0.187. The number of rotatable bonds is 12. The zero-order valence-corrected chi connectivity index (χ0v) is 23.5. The zero-order chi connectivity index (χ0) is 27.9. The SMILES string of the molecule is COC(=O)CCCCCCCC[C@H]1Cc2cc(Oc3ccccc3)ccc2C2=Cc3ccc(O)c(OC)c3CN21. The molecular weight excluding hydrogens is 502 g/mol. The molecule has 210 valence electrons. The summed E-state index contributed by atoms with van der Waals surface area (Å²) in [5.41, 5.74) is 5.89. The van der Waals surface area contributed by atoms with Crippen LogP contribution < -0.4 is 9.47 Å². The fourth-order valence-corrected chi connectivity index (χ4v) is 5.96. The molecule has 0 aromatic heterocycles. The third-order valence-corrected chi connectivity index (χ3v) is 8.03. The number of ether oxygens (including phenoxy) is 3. The predicted molar refractivity (Wildman–Crippen MR) is 157 cm³/mol. The Hall–Kier alpha value is -3.93. The lowest BCUT2D eigenvalue weighted by Gasteiger charge is -2.43. The van der Waals surface area contributed by atoms with Crippen LogP contribution in [0.15, 0.2) is 60.7 Å².